The highest BCUT2D eigenvalue weighted by Crippen LogP contribution is 2.10. The van der Waals surface area contributed by atoms with Crippen molar-refractivity contribution in [2.45, 2.75) is 20.8 Å². The van der Waals surface area contributed by atoms with Crippen molar-refractivity contribution in [1.29, 1.82) is 0 Å². The summed E-state index contributed by atoms with van der Waals surface area (Å²) in [5, 5.41) is 0. The Hall–Kier alpha value is -0.0800. The van der Waals surface area contributed by atoms with Crippen LogP contribution in [-0.2, 0) is 4.84 Å². The van der Waals surface area contributed by atoms with Gasteiger partial charge in [0.25, 0.3) is 0 Å². The fourth-order valence-corrected chi connectivity index (χ4v) is 0.250. The first-order chi connectivity index (χ1) is 3.06. The Morgan fingerprint density at radius 2 is 1.86 bits per heavy atom. The predicted octanol–water partition coefficient (Wildman–Crippen LogP) is 0.923. The van der Waals surface area contributed by atoms with E-state index in [1.807, 2.05) is 0 Å². The summed E-state index contributed by atoms with van der Waals surface area (Å²) in [6.07, 6.45) is 0. The summed E-state index contributed by atoms with van der Waals surface area (Å²) < 4.78 is 0. The second-order valence-electron chi connectivity index (χ2n) is 2.87. The van der Waals surface area contributed by atoms with Gasteiger partial charge in [0.15, 0.2) is 0 Å². The molecule has 44 valence electrons. The number of hydrogen-bond donors (Lipinski definition) is 1. The van der Waals surface area contributed by atoms with Crippen molar-refractivity contribution < 1.29 is 4.84 Å². The summed E-state index contributed by atoms with van der Waals surface area (Å²) in [6, 6.07) is 0. The van der Waals surface area contributed by atoms with E-state index in [0.717, 1.165) is 0 Å². The highest BCUT2D eigenvalue weighted by atomic mass is 16.6. The molecule has 2 heteroatoms. The second-order valence-corrected chi connectivity index (χ2v) is 2.87. The first-order valence-electron chi connectivity index (χ1n) is 2.38. The van der Waals surface area contributed by atoms with Gasteiger partial charge in [0.1, 0.15) is 0 Å². The maximum atomic E-state index is 4.81. The van der Waals surface area contributed by atoms with Crippen LogP contribution in [-0.4, -0.2) is 6.61 Å². The quantitative estimate of drug-likeness (QED) is 0.501. The van der Waals surface area contributed by atoms with E-state index in [2.05, 4.69) is 25.6 Å². The first-order valence-corrected chi connectivity index (χ1v) is 2.38. The molecular weight excluding hydrogens is 90.1 g/mol. The number of nitrogens with two attached hydrogens (primary N) is 1. The largest absolute Gasteiger partial charge is 0.304 e. The summed E-state index contributed by atoms with van der Waals surface area (Å²) >= 11 is 0. The van der Waals surface area contributed by atoms with Gasteiger partial charge in [-0.2, -0.15) is 0 Å². The van der Waals surface area contributed by atoms with Crippen LogP contribution < -0.4 is 5.90 Å². The van der Waals surface area contributed by atoms with Crippen molar-refractivity contribution in [3.05, 3.63) is 0 Å². The van der Waals surface area contributed by atoms with Gasteiger partial charge >= 0.3 is 0 Å². The van der Waals surface area contributed by atoms with Gasteiger partial charge in [-0.3, -0.25) is 0 Å². The second kappa shape index (κ2) is 2.28. The third-order valence-corrected chi connectivity index (χ3v) is 0.516. The van der Waals surface area contributed by atoms with Crippen LogP contribution in [0.1, 0.15) is 20.8 Å². The Morgan fingerprint density at radius 3 is 1.86 bits per heavy atom. The average molecular weight is 103 g/mol. The minimum Gasteiger partial charge on any atom is -0.304 e. The average Bonchev–Trinajstić information content (AvgIpc) is 1.30. The van der Waals surface area contributed by atoms with Crippen LogP contribution >= 0.6 is 0 Å². The molecule has 0 amide bonds. The molecule has 2 N–H and O–H groups in total. The normalized spacial score (nSPS) is 12.0. The number of hydrogen-bond acceptors (Lipinski definition) is 2. The Kier molecular flexibility index (Phi) is 2.26. The van der Waals surface area contributed by atoms with Crippen LogP contribution in [0.2, 0.25) is 0 Å². The Bertz CT molecular complexity index is 46.5. The zero-order valence-corrected chi connectivity index (χ0v) is 5.19. The zero-order chi connectivity index (χ0) is 5.91. The lowest BCUT2D eigenvalue weighted by atomic mass is 9.99. The van der Waals surface area contributed by atoms with E-state index in [0.29, 0.717) is 6.61 Å². The molecule has 0 aliphatic rings. The fourth-order valence-electron chi connectivity index (χ4n) is 0.250. The zero-order valence-electron chi connectivity index (χ0n) is 5.19. The lowest BCUT2D eigenvalue weighted by molar-refractivity contribution is 0.0721. The number of rotatable bonds is 1. The van der Waals surface area contributed by atoms with Gasteiger partial charge in [-0.05, 0) is 5.41 Å². The van der Waals surface area contributed by atoms with Crippen LogP contribution in [0, 0.1) is 5.41 Å². The van der Waals surface area contributed by atoms with Crippen molar-refractivity contribution in [3.8, 4) is 0 Å². The SMILES string of the molecule is CC(C)(C)CON. The van der Waals surface area contributed by atoms with E-state index in [4.69, 9.17) is 5.90 Å². The van der Waals surface area contributed by atoms with E-state index in [1.54, 1.807) is 0 Å². The standard InChI is InChI=1S/C5H13NO/c1-5(2,3)4-7-6/h4,6H2,1-3H3. The van der Waals surface area contributed by atoms with Crippen LogP contribution in [0.4, 0.5) is 0 Å². The monoisotopic (exact) mass is 103 g/mol. The molecule has 0 aromatic rings. The smallest absolute Gasteiger partial charge is 0.0727 e. The summed E-state index contributed by atoms with van der Waals surface area (Å²) in [5.41, 5.74) is 0.203. The summed E-state index contributed by atoms with van der Waals surface area (Å²) in [4.78, 5) is 4.41. The van der Waals surface area contributed by atoms with E-state index in [-0.39, 0.29) is 5.41 Å². The van der Waals surface area contributed by atoms with Gasteiger partial charge in [-0.25, -0.2) is 5.90 Å². The van der Waals surface area contributed by atoms with Crippen LogP contribution in [0.5, 0.6) is 0 Å². The van der Waals surface area contributed by atoms with Crippen molar-refractivity contribution >= 4 is 0 Å². The molecule has 0 aliphatic heterocycles. The van der Waals surface area contributed by atoms with Gasteiger partial charge < -0.3 is 4.84 Å². The third kappa shape index (κ3) is 5.92. The van der Waals surface area contributed by atoms with Gasteiger partial charge in [-0.1, -0.05) is 20.8 Å². The van der Waals surface area contributed by atoms with Crippen LogP contribution in [0.15, 0.2) is 0 Å². The van der Waals surface area contributed by atoms with E-state index < -0.39 is 0 Å². The summed E-state index contributed by atoms with van der Waals surface area (Å²) in [6.45, 7) is 6.83. The summed E-state index contributed by atoms with van der Waals surface area (Å²) in [7, 11) is 0. The summed E-state index contributed by atoms with van der Waals surface area (Å²) in [5.74, 6) is 4.81. The Balaban J connectivity index is 3.15. The highest BCUT2D eigenvalue weighted by molar-refractivity contribution is 4.57. The van der Waals surface area contributed by atoms with Crippen molar-refractivity contribution in [2.75, 3.05) is 6.61 Å². The third-order valence-electron chi connectivity index (χ3n) is 0.516. The molecular formula is C5H13NO. The maximum Gasteiger partial charge on any atom is 0.0727 e. The Morgan fingerprint density at radius 1 is 1.43 bits per heavy atom. The predicted molar refractivity (Wildman–Crippen MR) is 29.6 cm³/mol. The minimum absolute atomic E-state index is 0.203. The van der Waals surface area contributed by atoms with Gasteiger partial charge in [-0.15, -0.1) is 0 Å². The van der Waals surface area contributed by atoms with Gasteiger partial charge in [0.05, 0.1) is 6.61 Å². The lowest BCUT2D eigenvalue weighted by Gasteiger charge is -2.14. The fraction of sp³-hybridized carbons (Fsp3) is 1.00. The molecule has 0 unspecified atom stereocenters. The molecule has 0 spiro atoms. The minimum atomic E-state index is 0.203. The molecule has 0 atom stereocenters. The molecule has 0 fully saturated rings. The molecule has 0 aromatic heterocycles. The molecule has 0 rings (SSSR count). The first kappa shape index (κ1) is 6.92. The van der Waals surface area contributed by atoms with Crippen LogP contribution in [0.3, 0.4) is 0 Å². The molecule has 0 aliphatic carbocycles. The molecule has 0 bridgehead atoms. The van der Waals surface area contributed by atoms with Crippen molar-refractivity contribution in [1.82, 2.24) is 0 Å². The van der Waals surface area contributed by atoms with Crippen molar-refractivity contribution in [3.63, 3.8) is 0 Å². The van der Waals surface area contributed by atoms with E-state index in [1.165, 1.54) is 0 Å². The maximum absolute atomic E-state index is 4.81. The molecule has 0 saturated carbocycles. The molecule has 2 nitrogen and oxygen atoms in total. The van der Waals surface area contributed by atoms with Gasteiger partial charge in [0.2, 0.25) is 0 Å². The highest BCUT2D eigenvalue weighted by Gasteiger charge is 2.07. The van der Waals surface area contributed by atoms with Crippen LogP contribution in [0.25, 0.3) is 0 Å². The van der Waals surface area contributed by atoms with Crippen molar-refractivity contribution in [2.24, 2.45) is 11.3 Å². The molecule has 0 saturated heterocycles. The molecule has 0 radical (unpaired) electrons. The van der Waals surface area contributed by atoms with E-state index in [9.17, 15) is 0 Å². The molecule has 0 heterocycles. The topological polar surface area (TPSA) is 35.2 Å². The Labute approximate surface area is 44.6 Å². The van der Waals surface area contributed by atoms with Gasteiger partial charge in [0, 0.05) is 0 Å². The van der Waals surface area contributed by atoms with E-state index >= 15 is 0 Å². The molecule has 0 aromatic carbocycles. The molecule has 7 heavy (non-hydrogen) atoms. The lowest BCUT2D eigenvalue weighted by Crippen LogP contribution is -2.17.